The largest absolute Gasteiger partial charge is 0.490 e. The SMILES string of the molecule is Cn1c2ccc(OC[C@H](ON)C(=O)OC(C)(C)C)cc2c[n+]1[C@@H]1CCN(C(=O)OC(C)(C)C)C1. The third-order valence-electron chi connectivity index (χ3n) is 5.39. The molecule has 1 aliphatic heterocycles. The molecule has 0 radical (unpaired) electrons. The monoisotopic (exact) mass is 477 g/mol. The van der Waals surface area contributed by atoms with Gasteiger partial charge in [0.25, 0.3) is 0 Å². The number of hydrogen-bond acceptors (Lipinski definition) is 7. The van der Waals surface area contributed by atoms with Crippen LogP contribution in [0.5, 0.6) is 5.75 Å². The van der Waals surface area contributed by atoms with Crippen LogP contribution in [0.15, 0.2) is 24.4 Å². The first-order valence-corrected chi connectivity index (χ1v) is 11.5. The second-order valence-corrected chi connectivity index (χ2v) is 10.6. The molecule has 2 atom stereocenters. The molecule has 2 N–H and O–H groups in total. The highest BCUT2D eigenvalue weighted by atomic mass is 16.7. The molecule has 0 aliphatic carbocycles. The molecule has 0 saturated carbocycles. The van der Waals surface area contributed by atoms with Crippen LogP contribution in [-0.4, -0.2) is 58.6 Å². The Morgan fingerprint density at radius 2 is 1.82 bits per heavy atom. The molecule has 0 unspecified atom stereocenters. The third-order valence-corrected chi connectivity index (χ3v) is 5.39. The number of carbonyl (C=O) groups is 2. The average molecular weight is 478 g/mol. The molecule has 0 spiro atoms. The van der Waals surface area contributed by atoms with Crippen LogP contribution in [0.1, 0.15) is 54.0 Å². The lowest BCUT2D eigenvalue weighted by Crippen LogP contribution is -2.47. The first kappa shape index (κ1) is 25.8. The summed E-state index contributed by atoms with van der Waals surface area (Å²) in [6, 6.07) is 5.82. The van der Waals surface area contributed by atoms with E-state index in [1.807, 2.05) is 52.2 Å². The summed E-state index contributed by atoms with van der Waals surface area (Å²) >= 11 is 0. The van der Waals surface area contributed by atoms with Crippen LogP contribution in [0.25, 0.3) is 10.9 Å². The number of hydrogen-bond donors (Lipinski definition) is 1. The zero-order valence-electron chi connectivity index (χ0n) is 21.2. The number of esters is 1. The minimum Gasteiger partial charge on any atom is -0.490 e. The van der Waals surface area contributed by atoms with E-state index in [1.165, 1.54) is 0 Å². The summed E-state index contributed by atoms with van der Waals surface area (Å²) in [4.78, 5) is 31.2. The van der Waals surface area contributed by atoms with Gasteiger partial charge in [0.2, 0.25) is 18.3 Å². The second kappa shape index (κ2) is 9.79. The van der Waals surface area contributed by atoms with Gasteiger partial charge in [0.15, 0.2) is 0 Å². The minimum atomic E-state index is -1.03. The van der Waals surface area contributed by atoms with Crippen molar-refractivity contribution in [2.24, 2.45) is 12.9 Å². The molecule has 2 aromatic rings. The maximum atomic E-state index is 12.4. The molecule has 1 aliphatic rings. The number of fused-ring (bicyclic) bond motifs is 1. The van der Waals surface area contributed by atoms with E-state index in [0.717, 1.165) is 17.3 Å². The van der Waals surface area contributed by atoms with Crippen LogP contribution in [0, 0.1) is 0 Å². The van der Waals surface area contributed by atoms with Crippen LogP contribution in [0.4, 0.5) is 4.79 Å². The first-order valence-electron chi connectivity index (χ1n) is 11.5. The van der Waals surface area contributed by atoms with Crippen LogP contribution < -0.4 is 15.3 Å². The maximum Gasteiger partial charge on any atom is 0.410 e. The number of aryl methyl sites for hydroxylation is 1. The van der Waals surface area contributed by atoms with Crippen molar-refractivity contribution in [3.05, 3.63) is 24.4 Å². The number of nitrogens with two attached hydrogens (primary N) is 1. The predicted molar refractivity (Wildman–Crippen MR) is 125 cm³/mol. The summed E-state index contributed by atoms with van der Waals surface area (Å²) in [6.45, 7) is 12.1. The normalized spacial score (nSPS) is 17.6. The lowest BCUT2D eigenvalue weighted by atomic mass is 10.2. The van der Waals surface area contributed by atoms with Gasteiger partial charge in [-0.2, -0.15) is 4.68 Å². The van der Waals surface area contributed by atoms with Gasteiger partial charge in [0.05, 0.1) is 19.0 Å². The van der Waals surface area contributed by atoms with Gasteiger partial charge >= 0.3 is 12.1 Å². The van der Waals surface area contributed by atoms with Gasteiger partial charge in [0, 0.05) is 13.0 Å². The molecule has 1 aromatic heterocycles. The summed E-state index contributed by atoms with van der Waals surface area (Å²) in [5.74, 6) is 5.28. The predicted octanol–water partition coefficient (Wildman–Crippen LogP) is 2.63. The number of rotatable bonds is 6. The Labute approximate surface area is 200 Å². The quantitative estimate of drug-likeness (QED) is 0.387. The minimum absolute atomic E-state index is 0.0722. The summed E-state index contributed by atoms with van der Waals surface area (Å²) in [6.07, 6.45) is 1.55. The van der Waals surface area contributed by atoms with Gasteiger partial charge in [-0.1, -0.05) is 0 Å². The molecule has 0 bridgehead atoms. The topological polar surface area (TPSA) is 109 Å². The number of aromatic nitrogens is 2. The third kappa shape index (κ3) is 6.38. The van der Waals surface area contributed by atoms with E-state index in [4.69, 9.17) is 24.9 Å². The van der Waals surface area contributed by atoms with Crippen molar-refractivity contribution < 1.29 is 33.3 Å². The molecule has 34 heavy (non-hydrogen) atoms. The van der Waals surface area contributed by atoms with Crippen molar-refractivity contribution in [2.45, 2.75) is 71.3 Å². The van der Waals surface area contributed by atoms with E-state index < -0.39 is 23.3 Å². The molecule has 10 nitrogen and oxygen atoms in total. The molecular weight excluding hydrogens is 440 g/mol. The molecule has 10 heteroatoms. The van der Waals surface area contributed by atoms with Gasteiger partial charge in [0.1, 0.15) is 29.1 Å². The van der Waals surface area contributed by atoms with E-state index in [0.29, 0.717) is 18.8 Å². The highest BCUT2D eigenvalue weighted by molar-refractivity contribution is 5.79. The van der Waals surface area contributed by atoms with Crippen molar-refractivity contribution in [2.75, 3.05) is 19.7 Å². The van der Waals surface area contributed by atoms with Crippen LogP contribution in [-0.2, 0) is 26.2 Å². The van der Waals surface area contributed by atoms with E-state index in [9.17, 15) is 9.59 Å². The Bertz CT molecular complexity index is 1040. The van der Waals surface area contributed by atoms with Crippen molar-refractivity contribution in [1.82, 2.24) is 9.58 Å². The Kier molecular flexibility index (Phi) is 7.42. The summed E-state index contributed by atoms with van der Waals surface area (Å²) in [7, 11) is 1.99. The van der Waals surface area contributed by atoms with Gasteiger partial charge in [-0.25, -0.2) is 15.5 Å². The van der Waals surface area contributed by atoms with Gasteiger partial charge < -0.3 is 19.1 Å². The molecular formula is C24H37N4O6+. The van der Waals surface area contributed by atoms with Crippen molar-refractivity contribution in [3.8, 4) is 5.75 Å². The summed E-state index contributed by atoms with van der Waals surface area (Å²) in [5.41, 5.74) is -0.152. The number of carbonyl (C=O) groups excluding carboxylic acids is 2. The highest BCUT2D eigenvalue weighted by Crippen LogP contribution is 2.24. The fourth-order valence-corrected chi connectivity index (χ4v) is 3.88. The standard InChI is InChI=1S/C24H37N4O6/c1-23(2,3)32-21(29)20(34-25)15-31-18-8-9-19-16(12-18)13-28(26(19)7)17-10-11-27(14-17)22(30)33-24(4,5)6/h8-9,12-13,17,20H,10-11,14-15,25H2,1-7H3/q+1/t17-,20+/m1/s1. The van der Waals surface area contributed by atoms with E-state index in [1.54, 1.807) is 25.7 Å². The van der Waals surface area contributed by atoms with Crippen molar-refractivity contribution >= 4 is 23.0 Å². The number of likely N-dealkylation sites (tertiary alicyclic amines) is 1. The van der Waals surface area contributed by atoms with Crippen molar-refractivity contribution in [1.29, 1.82) is 0 Å². The number of nitrogens with zero attached hydrogens (tertiary/aromatic N) is 3. The number of ether oxygens (including phenoxy) is 3. The van der Waals surface area contributed by atoms with Crippen molar-refractivity contribution in [3.63, 3.8) is 0 Å². The second-order valence-electron chi connectivity index (χ2n) is 10.6. The van der Waals surface area contributed by atoms with Gasteiger partial charge in [-0.05, 0) is 59.7 Å². The highest BCUT2D eigenvalue weighted by Gasteiger charge is 2.36. The zero-order chi connectivity index (χ0) is 25.3. The lowest BCUT2D eigenvalue weighted by molar-refractivity contribution is -0.790. The Hall–Kier alpha value is -2.85. The Morgan fingerprint density at radius 3 is 2.44 bits per heavy atom. The molecule has 1 amide bonds. The maximum absolute atomic E-state index is 12.4. The first-order chi connectivity index (χ1) is 15.8. The molecule has 1 saturated heterocycles. The molecule has 3 rings (SSSR count). The summed E-state index contributed by atoms with van der Waals surface area (Å²) < 4.78 is 20.8. The average Bonchev–Trinajstić information content (AvgIpc) is 3.31. The van der Waals surface area contributed by atoms with E-state index >= 15 is 0 Å². The van der Waals surface area contributed by atoms with Crippen LogP contribution >= 0.6 is 0 Å². The van der Waals surface area contributed by atoms with Crippen LogP contribution in [0.3, 0.4) is 0 Å². The lowest BCUT2D eigenvalue weighted by Gasteiger charge is -2.23. The molecule has 1 fully saturated rings. The Balaban J connectivity index is 1.68. The Morgan fingerprint density at radius 1 is 1.15 bits per heavy atom. The zero-order valence-corrected chi connectivity index (χ0v) is 21.2. The molecule has 188 valence electrons. The molecule has 1 aromatic carbocycles. The fraction of sp³-hybridized carbons (Fsp3) is 0.625. The molecule has 2 heterocycles. The number of benzene rings is 1. The summed E-state index contributed by atoms with van der Waals surface area (Å²) in [5, 5.41) is 0.971. The fourth-order valence-electron chi connectivity index (χ4n) is 3.88. The smallest absolute Gasteiger partial charge is 0.410 e. The van der Waals surface area contributed by atoms with E-state index in [-0.39, 0.29) is 18.7 Å². The van der Waals surface area contributed by atoms with Gasteiger partial charge in [-0.3, -0.25) is 4.84 Å². The number of amides is 1. The van der Waals surface area contributed by atoms with Gasteiger partial charge in [-0.15, -0.1) is 4.68 Å². The van der Waals surface area contributed by atoms with Crippen LogP contribution in [0.2, 0.25) is 0 Å². The van der Waals surface area contributed by atoms with E-state index in [2.05, 4.69) is 9.36 Å².